The minimum atomic E-state index is -0.231. The van der Waals surface area contributed by atoms with Gasteiger partial charge in [-0.15, -0.1) is 0 Å². The molecular weight excluding hydrogens is 397 g/mol. The van der Waals surface area contributed by atoms with Gasteiger partial charge < -0.3 is 10.2 Å². The van der Waals surface area contributed by atoms with Crippen molar-refractivity contribution in [2.24, 2.45) is 0 Å². The van der Waals surface area contributed by atoms with Gasteiger partial charge in [-0.05, 0) is 42.4 Å². The Kier molecular flexibility index (Phi) is 6.40. The summed E-state index contributed by atoms with van der Waals surface area (Å²) in [5.74, 6) is -0.231. The van der Waals surface area contributed by atoms with E-state index < -0.39 is 0 Å². The van der Waals surface area contributed by atoms with Gasteiger partial charge in [-0.25, -0.2) is 4.39 Å². The molecule has 1 aromatic heterocycles. The second-order valence-corrected chi connectivity index (χ2v) is 8.12. The van der Waals surface area contributed by atoms with Crippen molar-refractivity contribution in [3.63, 3.8) is 0 Å². The van der Waals surface area contributed by atoms with Gasteiger partial charge in [0.05, 0.1) is 18.4 Å². The third kappa shape index (κ3) is 5.43. The van der Waals surface area contributed by atoms with Gasteiger partial charge in [0.1, 0.15) is 5.82 Å². The Hall–Kier alpha value is -2.77. The fourth-order valence-electron chi connectivity index (χ4n) is 3.55. The number of nitrogens with zero attached hydrogens (tertiary/aromatic N) is 4. The molecule has 4 rings (SSSR count). The average Bonchev–Trinajstić information content (AvgIpc) is 3.18. The summed E-state index contributed by atoms with van der Waals surface area (Å²) in [6.45, 7) is 7.46. The van der Waals surface area contributed by atoms with Crippen LogP contribution in [-0.2, 0) is 13.1 Å². The molecule has 0 atom stereocenters. The zero-order valence-corrected chi connectivity index (χ0v) is 17.9. The Morgan fingerprint density at radius 2 is 1.60 bits per heavy atom. The number of aryl methyl sites for hydroxylation is 1. The molecule has 1 aliphatic heterocycles. The van der Waals surface area contributed by atoms with Crippen LogP contribution < -0.4 is 5.32 Å². The van der Waals surface area contributed by atoms with Crippen molar-refractivity contribution in [3.8, 4) is 0 Å². The van der Waals surface area contributed by atoms with Crippen molar-refractivity contribution >= 4 is 23.0 Å². The lowest BCUT2D eigenvalue weighted by Crippen LogP contribution is -2.49. The standard InChI is InChI=1S/C23H26FN5S/c1-18-2-4-19(5-3-18)15-27-10-12-28(13-11-27)23(30)26-22-14-25-29(17-22)16-20-6-8-21(24)9-7-20/h2-9,14,17H,10-13,15-16H2,1H3,(H,26,30). The smallest absolute Gasteiger partial charge is 0.173 e. The third-order valence-corrected chi connectivity index (χ3v) is 5.69. The van der Waals surface area contributed by atoms with Gasteiger partial charge >= 0.3 is 0 Å². The lowest BCUT2D eigenvalue weighted by molar-refractivity contribution is 0.177. The maximum atomic E-state index is 13.0. The maximum Gasteiger partial charge on any atom is 0.173 e. The first-order chi connectivity index (χ1) is 14.5. The van der Waals surface area contributed by atoms with Crippen LogP contribution in [0, 0.1) is 12.7 Å². The summed E-state index contributed by atoms with van der Waals surface area (Å²) in [6.07, 6.45) is 3.69. The Morgan fingerprint density at radius 1 is 0.967 bits per heavy atom. The first-order valence-electron chi connectivity index (χ1n) is 10.2. The Morgan fingerprint density at radius 3 is 2.30 bits per heavy atom. The van der Waals surface area contributed by atoms with Gasteiger partial charge in [0.25, 0.3) is 0 Å². The first-order valence-corrected chi connectivity index (χ1v) is 10.6. The van der Waals surface area contributed by atoms with Gasteiger partial charge in [0.15, 0.2) is 5.11 Å². The fourth-order valence-corrected chi connectivity index (χ4v) is 3.86. The third-order valence-electron chi connectivity index (χ3n) is 5.33. The predicted octanol–water partition coefficient (Wildman–Crippen LogP) is 3.89. The molecule has 1 fully saturated rings. The number of hydrogen-bond donors (Lipinski definition) is 1. The Balaban J connectivity index is 1.25. The normalized spacial score (nSPS) is 14.7. The molecule has 0 unspecified atom stereocenters. The molecule has 1 N–H and O–H groups in total. The Bertz CT molecular complexity index is 976. The first kappa shape index (κ1) is 20.5. The topological polar surface area (TPSA) is 36.3 Å². The van der Waals surface area contributed by atoms with Crippen molar-refractivity contribution in [1.29, 1.82) is 0 Å². The lowest BCUT2D eigenvalue weighted by Gasteiger charge is -2.36. The maximum absolute atomic E-state index is 13.0. The molecule has 7 heteroatoms. The predicted molar refractivity (Wildman–Crippen MR) is 122 cm³/mol. The number of aromatic nitrogens is 2. The monoisotopic (exact) mass is 423 g/mol. The Labute approximate surface area is 182 Å². The van der Waals surface area contributed by atoms with Gasteiger partial charge in [-0.3, -0.25) is 9.58 Å². The van der Waals surface area contributed by atoms with E-state index >= 15 is 0 Å². The molecule has 0 radical (unpaired) electrons. The number of rotatable bonds is 5. The van der Waals surface area contributed by atoms with Crippen molar-refractivity contribution < 1.29 is 4.39 Å². The van der Waals surface area contributed by atoms with Crippen molar-refractivity contribution in [2.75, 3.05) is 31.5 Å². The van der Waals surface area contributed by atoms with E-state index in [1.54, 1.807) is 18.3 Å². The van der Waals surface area contributed by atoms with Crippen LogP contribution in [0.5, 0.6) is 0 Å². The van der Waals surface area contributed by atoms with Crippen molar-refractivity contribution in [2.45, 2.75) is 20.0 Å². The highest BCUT2D eigenvalue weighted by Gasteiger charge is 2.19. The highest BCUT2D eigenvalue weighted by molar-refractivity contribution is 7.80. The van der Waals surface area contributed by atoms with Gasteiger partial charge in [0.2, 0.25) is 0 Å². The molecule has 0 bridgehead atoms. The van der Waals surface area contributed by atoms with Crippen LogP contribution in [0.25, 0.3) is 0 Å². The molecule has 1 saturated heterocycles. The van der Waals surface area contributed by atoms with E-state index in [9.17, 15) is 4.39 Å². The van der Waals surface area contributed by atoms with Gasteiger partial charge in [-0.1, -0.05) is 42.0 Å². The highest BCUT2D eigenvalue weighted by Crippen LogP contribution is 2.13. The van der Waals surface area contributed by atoms with Crippen LogP contribution in [-0.4, -0.2) is 50.9 Å². The average molecular weight is 424 g/mol. The van der Waals surface area contributed by atoms with Crippen molar-refractivity contribution in [3.05, 3.63) is 83.4 Å². The summed E-state index contributed by atoms with van der Waals surface area (Å²) < 4.78 is 14.9. The summed E-state index contributed by atoms with van der Waals surface area (Å²) >= 11 is 5.61. The molecule has 2 aromatic carbocycles. The van der Waals surface area contributed by atoms with Crippen LogP contribution in [0.3, 0.4) is 0 Å². The largest absolute Gasteiger partial charge is 0.346 e. The molecule has 0 aliphatic carbocycles. The number of thiocarbonyl (C=S) groups is 1. The van der Waals surface area contributed by atoms with Crippen molar-refractivity contribution in [1.82, 2.24) is 19.6 Å². The molecule has 0 saturated carbocycles. The molecule has 0 spiro atoms. The molecule has 156 valence electrons. The number of hydrogen-bond acceptors (Lipinski definition) is 3. The fraction of sp³-hybridized carbons (Fsp3) is 0.304. The summed E-state index contributed by atoms with van der Waals surface area (Å²) in [4.78, 5) is 4.67. The molecule has 0 amide bonds. The number of piperazine rings is 1. The van der Waals surface area contributed by atoms with Crippen LogP contribution >= 0.6 is 12.2 Å². The van der Waals surface area contributed by atoms with Crippen LogP contribution in [0.1, 0.15) is 16.7 Å². The zero-order chi connectivity index (χ0) is 20.9. The number of nitrogens with one attached hydrogen (secondary N) is 1. The second kappa shape index (κ2) is 9.36. The van der Waals surface area contributed by atoms with Gasteiger partial charge in [0, 0.05) is 38.9 Å². The van der Waals surface area contributed by atoms with E-state index in [0.717, 1.165) is 49.1 Å². The molecule has 3 aromatic rings. The van der Waals surface area contributed by atoms with Crippen LogP contribution in [0.15, 0.2) is 60.9 Å². The molecule has 30 heavy (non-hydrogen) atoms. The van der Waals surface area contributed by atoms with Crippen LogP contribution in [0.2, 0.25) is 0 Å². The number of benzene rings is 2. The molecule has 2 heterocycles. The SMILES string of the molecule is Cc1ccc(CN2CCN(C(=S)Nc3cnn(Cc4ccc(F)cc4)c3)CC2)cc1. The second-order valence-electron chi connectivity index (χ2n) is 7.73. The van der Waals surface area contributed by atoms with E-state index in [1.165, 1.54) is 23.3 Å². The van der Waals surface area contributed by atoms with Gasteiger partial charge in [-0.2, -0.15) is 5.10 Å². The van der Waals surface area contributed by atoms with E-state index in [2.05, 4.69) is 51.4 Å². The number of halogens is 1. The van der Waals surface area contributed by atoms with Crippen LogP contribution in [0.4, 0.5) is 10.1 Å². The summed E-state index contributed by atoms with van der Waals surface area (Å²) in [6, 6.07) is 15.2. The summed E-state index contributed by atoms with van der Waals surface area (Å²) in [7, 11) is 0. The minimum absolute atomic E-state index is 0.231. The van der Waals surface area contributed by atoms with E-state index in [4.69, 9.17) is 12.2 Å². The minimum Gasteiger partial charge on any atom is -0.346 e. The molecule has 5 nitrogen and oxygen atoms in total. The lowest BCUT2D eigenvalue weighted by atomic mass is 10.1. The highest BCUT2D eigenvalue weighted by atomic mass is 32.1. The van der Waals surface area contributed by atoms with E-state index in [0.29, 0.717) is 6.54 Å². The molecule has 1 aliphatic rings. The number of anilines is 1. The van der Waals surface area contributed by atoms with E-state index in [-0.39, 0.29) is 5.82 Å². The van der Waals surface area contributed by atoms with E-state index in [1.807, 2.05) is 10.9 Å². The zero-order valence-electron chi connectivity index (χ0n) is 17.1. The molecular formula is C23H26FN5S. The quantitative estimate of drug-likeness (QED) is 0.630. The summed E-state index contributed by atoms with van der Waals surface area (Å²) in [5.41, 5.74) is 4.51. The summed E-state index contributed by atoms with van der Waals surface area (Å²) in [5, 5.41) is 8.39.